The number of rotatable bonds is 4. The summed E-state index contributed by atoms with van der Waals surface area (Å²) in [7, 11) is 0. The van der Waals surface area contributed by atoms with E-state index in [1.54, 1.807) is 0 Å². The largest absolute Gasteiger partial charge is 0.452 e. The molecule has 120 valence electrons. The van der Waals surface area contributed by atoms with Crippen LogP contribution in [0.3, 0.4) is 0 Å². The Bertz CT molecular complexity index is 768. The number of amides is 1. The molecule has 1 amide bonds. The van der Waals surface area contributed by atoms with Gasteiger partial charge in [0.1, 0.15) is 17.5 Å². The van der Waals surface area contributed by atoms with Crippen LogP contribution < -0.4 is 5.32 Å². The Morgan fingerprint density at radius 1 is 1.04 bits per heavy atom. The van der Waals surface area contributed by atoms with Gasteiger partial charge in [-0.25, -0.2) is 18.0 Å². The molecule has 0 heterocycles. The summed E-state index contributed by atoms with van der Waals surface area (Å²) in [6, 6.07) is 6.02. The first-order valence-electron chi connectivity index (χ1n) is 6.24. The number of halogens is 4. The third-order valence-corrected chi connectivity index (χ3v) is 3.38. The van der Waals surface area contributed by atoms with Crippen LogP contribution in [0.4, 0.5) is 18.9 Å². The van der Waals surface area contributed by atoms with Gasteiger partial charge in [0.25, 0.3) is 5.91 Å². The van der Waals surface area contributed by atoms with Crippen LogP contribution in [0.15, 0.2) is 40.9 Å². The van der Waals surface area contributed by atoms with Crippen LogP contribution in [-0.4, -0.2) is 18.5 Å². The van der Waals surface area contributed by atoms with Gasteiger partial charge >= 0.3 is 5.97 Å². The number of carbonyl (C=O) groups excluding carboxylic acids is 2. The zero-order valence-corrected chi connectivity index (χ0v) is 13.0. The summed E-state index contributed by atoms with van der Waals surface area (Å²) < 4.78 is 44.2. The van der Waals surface area contributed by atoms with E-state index in [4.69, 9.17) is 4.74 Å². The molecule has 0 atom stereocenters. The number of hydrogen-bond donors (Lipinski definition) is 1. The fourth-order valence-electron chi connectivity index (χ4n) is 1.64. The monoisotopic (exact) mass is 387 g/mol. The summed E-state index contributed by atoms with van der Waals surface area (Å²) >= 11 is 3.06. The van der Waals surface area contributed by atoms with Gasteiger partial charge in [-0.1, -0.05) is 0 Å². The molecule has 2 rings (SSSR count). The van der Waals surface area contributed by atoms with Crippen LogP contribution in [-0.2, 0) is 9.53 Å². The standard InChI is InChI=1S/C15H9BrF3NO3/c16-11-3-1-8(17)5-10(11)15(22)23-7-14(21)20-13-4-2-9(18)6-12(13)19/h1-6H,7H2,(H,20,21). The molecular weight excluding hydrogens is 379 g/mol. The molecule has 0 fully saturated rings. The first-order chi connectivity index (χ1) is 10.9. The van der Waals surface area contributed by atoms with Crippen molar-refractivity contribution in [2.24, 2.45) is 0 Å². The Morgan fingerprint density at radius 3 is 2.39 bits per heavy atom. The maximum absolute atomic E-state index is 13.4. The number of nitrogens with one attached hydrogen (secondary N) is 1. The van der Waals surface area contributed by atoms with Crippen molar-refractivity contribution >= 4 is 33.5 Å². The highest BCUT2D eigenvalue weighted by atomic mass is 79.9. The van der Waals surface area contributed by atoms with Crippen molar-refractivity contribution in [3.8, 4) is 0 Å². The molecule has 23 heavy (non-hydrogen) atoms. The van der Waals surface area contributed by atoms with Gasteiger partial charge in [-0.3, -0.25) is 4.79 Å². The number of benzene rings is 2. The van der Waals surface area contributed by atoms with Crippen molar-refractivity contribution in [3.05, 3.63) is 63.9 Å². The molecule has 0 bridgehead atoms. The lowest BCUT2D eigenvalue weighted by Crippen LogP contribution is -2.21. The molecule has 0 saturated carbocycles. The lowest BCUT2D eigenvalue weighted by Gasteiger charge is -2.08. The molecule has 0 spiro atoms. The number of ether oxygens (including phenoxy) is 1. The lowest BCUT2D eigenvalue weighted by atomic mass is 10.2. The molecule has 0 saturated heterocycles. The van der Waals surface area contributed by atoms with Gasteiger partial charge < -0.3 is 10.1 Å². The molecule has 4 nitrogen and oxygen atoms in total. The molecule has 0 unspecified atom stereocenters. The maximum Gasteiger partial charge on any atom is 0.339 e. The van der Waals surface area contributed by atoms with Crippen molar-refractivity contribution in [2.75, 3.05) is 11.9 Å². The molecule has 0 aliphatic rings. The van der Waals surface area contributed by atoms with Gasteiger partial charge in [-0.15, -0.1) is 0 Å². The van der Waals surface area contributed by atoms with Crippen molar-refractivity contribution in [1.29, 1.82) is 0 Å². The molecule has 0 aromatic heterocycles. The van der Waals surface area contributed by atoms with Gasteiger partial charge in [0, 0.05) is 10.5 Å². The number of carbonyl (C=O) groups is 2. The highest BCUT2D eigenvalue weighted by Gasteiger charge is 2.15. The van der Waals surface area contributed by atoms with Gasteiger partial charge in [0.15, 0.2) is 6.61 Å². The van der Waals surface area contributed by atoms with Gasteiger partial charge in [0.2, 0.25) is 0 Å². The van der Waals surface area contributed by atoms with Gasteiger partial charge in [0.05, 0.1) is 11.3 Å². The van der Waals surface area contributed by atoms with E-state index < -0.39 is 35.9 Å². The van der Waals surface area contributed by atoms with E-state index in [9.17, 15) is 22.8 Å². The van der Waals surface area contributed by atoms with Crippen LogP contribution in [0.5, 0.6) is 0 Å². The predicted molar refractivity (Wildman–Crippen MR) is 79.4 cm³/mol. The summed E-state index contributed by atoms with van der Waals surface area (Å²) in [4.78, 5) is 23.4. The lowest BCUT2D eigenvalue weighted by molar-refractivity contribution is -0.119. The predicted octanol–water partition coefficient (Wildman–Crippen LogP) is 3.66. The molecule has 0 radical (unpaired) electrons. The molecule has 0 aliphatic heterocycles. The van der Waals surface area contributed by atoms with Crippen LogP contribution in [0, 0.1) is 17.5 Å². The first-order valence-corrected chi connectivity index (χ1v) is 7.03. The maximum atomic E-state index is 13.4. The number of esters is 1. The van der Waals surface area contributed by atoms with Crippen LogP contribution in [0.2, 0.25) is 0 Å². The second kappa shape index (κ2) is 7.28. The van der Waals surface area contributed by atoms with Gasteiger partial charge in [-0.05, 0) is 46.3 Å². The Balaban J connectivity index is 1.96. The molecular formula is C15H9BrF3NO3. The normalized spacial score (nSPS) is 10.3. The summed E-state index contributed by atoms with van der Waals surface area (Å²) in [5, 5.41) is 2.13. The smallest absolute Gasteiger partial charge is 0.339 e. The van der Waals surface area contributed by atoms with E-state index in [2.05, 4.69) is 21.2 Å². The highest BCUT2D eigenvalue weighted by Crippen LogP contribution is 2.19. The van der Waals surface area contributed by atoms with E-state index in [1.807, 2.05) is 0 Å². The van der Waals surface area contributed by atoms with E-state index in [1.165, 1.54) is 6.07 Å². The second-order valence-electron chi connectivity index (χ2n) is 4.37. The molecule has 2 aromatic rings. The van der Waals surface area contributed by atoms with E-state index in [0.717, 1.165) is 24.3 Å². The summed E-state index contributed by atoms with van der Waals surface area (Å²) in [6.45, 7) is -0.710. The van der Waals surface area contributed by atoms with E-state index >= 15 is 0 Å². The number of anilines is 1. The van der Waals surface area contributed by atoms with Crippen LogP contribution in [0.25, 0.3) is 0 Å². The van der Waals surface area contributed by atoms with Gasteiger partial charge in [-0.2, -0.15) is 0 Å². The third-order valence-electron chi connectivity index (χ3n) is 2.69. The molecule has 8 heteroatoms. The topological polar surface area (TPSA) is 55.4 Å². The minimum atomic E-state index is -0.961. The molecule has 0 aliphatic carbocycles. The van der Waals surface area contributed by atoms with E-state index in [0.29, 0.717) is 10.5 Å². The average molecular weight is 388 g/mol. The Kier molecular flexibility index (Phi) is 5.38. The average Bonchev–Trinajstić information content (AvgIpc) is 2.50. The molecule has 2 aromatic carbocycles. The van der Waals surface area contributed by atoms with Crippen molar-refractivity contribution < 1.29 is 27.5 Å². The summed E-state index contributed by atoms with van der Waals surface area (Å²) in [5.74, 6) is -4.14. The Labute approximate surface area is 137 Å². The minimum absolute atomic E-state index is 0.0919. The zero-order chi connectivity index (χ0) is 17.0. The van der Waals surface area contributed by atoms with Crippen molar-refractivity contribution in [1.82, 2.24) is 0 Å². The van der Waals surface area contributed by atoms with Crippen LogP contribution >= 0.6 is 15.9 Å². The van der Waals surface area contributed by atoms with Crippen molar-refractivity contribution in [2.45, 2.75) is 0 Å². The Morgan fingerprint density at radius 2 is 1.70 bits per heavy atom. The SMILES string of the molecule is O=C(COC(=O)c1cc(F)ccc1Br)Nc1ccc(F)cc1F. The Hall–Kier alpha value is -2.35. The van der Waals surface area contributed by atoms with Crippen molar-refractivity contribution in [3.63, 3.8) is 0 Å². The van der Waals surface area contributed by atoms with Crippen LogP contribution in [0.1, 0.15) is 10.4 Å². The minimum Gasteiger partial charge on any atom is -0.452 e. The summed E-state index contributed by atoms with van der Waals surface area (Å²) in [6.07, 6.45) is 0. The second-order valence-corrected chi connectivity index (χ2v) is 5.23. The fourth-order valence-corrected chi connectivity index (χ4v) is 2.05. The fraction of sp³-hybridized carbons (Fsp3) is 0.0667. The highest BCUT2D eigenvalue weighted by molar-refractivity contribution is 9.10. The number of hydrogen-bond acceptors (Lipinski definition) is 3. The first kappa shape index (κ1) is 17.0. The zero-order valence-electron chi connectivity index (χ0n) is 11.4. The van der Waals surface area contributed by atoms with E-state index in [-0.39, 0.29) is 11.3 Å². The molecule has 1 N–H and O–H groups in total. The quantitative estimate of drug-likeness (QED) is 0.814. The third kappa shape index (κ3) is 4.56. The summed E-state index contributed by atoms with van der Waals surface area (Å²) in [5.41, 5.74) is -0.342.